The number of alkyl halides is 2. The molecule has 1 aliphatic rings. The Bertz CT molecular complexity index is 925. The number of sulfone groups is 1. The number of anilines is 1. The van der Waals surface area contributed by atoms with Crippen LogP contribution in [0.2, 0.25) is 0 Å². The number of nitrogens with one attached hydrogen (secondary N) is 1. The first kappa shape index (κ1) is 20.4. The van der Waals surface area contributed by atoms with Gasteiger partial charge in [-0.25, -0.2) is 8.42 Å². The Morgan fingerprint density at radius 1 is 1.11 bits per heavy atom. The molecule has 1 saturated carbocycles. The summed E-state index contributed by atoms with van der Waals surface area (Å²) in [6.07, 6.45) is 2.11. The standard InChI is InChI=1S/C20H22F2N2O3S/c1-14-2-4-15(5-3-14)12-24(17-8-9-17)13-19(25)23-16-6-10-18(11-7-16)28(26,27)20(21)22/h2-7,10-11,17,20H,8-9,12-13H2,1H3,(H,23,25). The third-order valence-electron chi connectivity index (χ3n) is 4.62. The van der Waals surface area contributed by atoms with Gasteiger partial charge in [-0.05, 0) is 49.6 Å². The van der Waals surface area contributed by atoms with Crippen molar-refractivity contribution in [3.05, 3.63) is 59.7 Å². The molecule has 0 atom stereocenters. The first-order chi connectivity index (χ1) is 13.3. The summed E-state index contributed by atoms with van der Waals surface area (Å²) in [6, 6.07) is 13.3. The molecule has 0 unspecified atom stereocenters. The third kappa shape index (κ3) is 5.14. The van der Waals surface area contributed by atoms with E-state index < -0.39 is 20.5 Å². The minimum absolute atomic E-state index is 0.204. The lowest BCUT2D eigenvalue weighted by Crippen LogP contribution is -2.34. The van der Waals surface area contributed by atoms with Gasteiger partial charge in [-0.2, -0.15) is 8.78 Å². The molecule has 2 aromatic carbocycles. The van der Waals surface area contributed by atoms with Crippen LogP contribution in [0.15, 0.2) is 53.4 Å². The van der Waals surface area contributed by atoms with Crippen LogP contribution in [0, 0.1) is 6.92 Å². The van der Waals surface area contributed by atoms with E-state index in [1.807, 2.05) is 31.2 Å². The summed E-state index contributed by atoms with van der Waals surface area (Å²) in [6.45, 7) is 2.90. The quantitative estimate of drug-likeness (QED) is 0.725. The van der Waals surface area contributed by atoms with Crippen LogP contribution in [0.25, 0.3) is 0 Å². The van der Waals surface area contributed by atoms with E-state index in [1.54, 1.807) is 0 Å². The van der Waals surface area contributed by atoms with Gasteiger partial charge in [0.25, 0.3) is 0 Å². The third-order valence-corrected chi connectivity index (χ3v) is 6.02. The van der Waals surface area contributed by atoms with E-state index in [0.717, 1.165) is 30.5 Å². The molecule has 28 heavy (non-hydrogen) atoms. The van der Waals surface area contributed by atoms with Crippen LogP contribution in [0.4, 0.5) is 14.5 Å². The molecule has 150 valence electrons. The zero-order chi connectivity index (χ0) is 20.3. The Morgan fingerprint density at radius 3 is 2.25 bits per heavy atom. The Labute approximate surface area is 163 Å². The van der Waals surface area contributed by atoms with E-state index in [-0.39, 0.29) is 12.5 Å². The molecule has 3 rings (SSSR count). The lowest BCUT2D eigenvalue weighted by Gasteiger charge is -2.21. The number of halogens is 2. The van der Waals surface area contributed by atoms with Gasteiger partial charge in [-0.15, -0.1) is 0 Å². The molecule has 1 amide bonds. The average Bonchev–Trinajstić information content (AvgIpc) is 3.48. The van der Waals surface area contributed by atoms with Crippen LogP contribution in [-0.4, -0.2) is 37.6 Å². The van der Waals surface area contributed by atoms with Gasteiger partial charge in [0.05, 0.1) is 11.4 Å². The lowest BCUT2D eigenvalue weighted by molar-refractivity contribution is -0.117. The van der Waals surface area contributed by atoms with Crippen molar-refractivity contribution >= 4 is 21.4 Å². The minimum atomic E-state index is -4.64. The maximum atomic E-state index is 12.6. The molecule has 1 aliphatic carbocycles. The number of hydrogen-bond acceptors (Lipinski definition) is 4. The normalized spacial score (nSPS) is 14.5. The number of benzene rings is 2. The van der Waals surface area contributed by atoms with Gasteiger partial charge >= 0.3 is 5.76 Å². The highest BCUT2D eigenvalue weighted by Gasteiger charge is 2.30. The summed E-state index contributed by atoms with van der Waals surface area (Å²) in [7, 11) is -4.64. The number of amides is 1. The monoisotopic (exact) mass is 408 g/mol. The first-order valence-corrected chi connectivity index (χ1v) is 10.5. The average molecular weight is 408 g/mol. The number of hydrogen-bond donors (Lipinski definition) is 1. The van der Waals surface area contributed by atoms with Crippen LogP contribution in [0.3, 0.4) is 0 Å². The Hall–Kier alpha value is -2.32. The summed E-state index contributed by atoms with van der Waals surface area (Å²) in [5.41, 5.74) is 2.67. The molecule has 2 aromatic rings. The summed E-state index contributed by atoms with van der Waals surface area (Å²) in [4.78, 5) is 14.0. The Kier molecular flexibility index (Phi) is 6.10. The maximum absolute atomic E-state index is 12.6. The molecule has 1 fully saturated rings. The van der Waals surface area contributed by atoms with E-state index in [2.05, 4.69) is 10.2 Å². The number of rotatable bonds is 8. The van der Waals surface area contributed by atoms with Crippen LogP contribution in [-0.2, 0) is 21.2 Å². The van der Waals surface area contributed by atoms with Gasteiger partial charge < -0.3 is 5.32 Å². The van der Waals surface area contributed by atoms with Gasteiger partial charge in [0.2, 0.25) is 15.7 Å². The predicted octanol–water partition coefficient (Wildman–Crippen LogP) is 3.59. The molecule has 1 N–H and O–H groups in total. The number of carbonyl (C=O) groups excluding carboxylic acids is 1. The van der Waals surface area contributed by atoms with Gasteiger partial charge in [-0.3, -0.25) is 9.69 Å². The highest BCUT2D eigenvalue weighted by atomic mass is 32.2. The molecule has 5 nitrogen and oxygen atoms in total. The molecule has 0 saturated heterocycles. The van der Waals surface area contributed by atoms with Crippen molar-refractivity contribution in [3.63, 3.8) is 0 Å². The second-order valence-corrected chi connectivity index (χ2v) is 8.92. The summed E-state index contributed by atoms with van der Waals surface area (Å²) in [5, 5.41) is 2.69. The molecular weight excluding hydrogens is 386 g/mol. The predicted molar refractivity (Wildman–Crippen MR) is 103 cm³/mol. The van der Waals surface area contributed by atoms with Gasteiger partial charge in [0, 0.05) is 18.3 Å². The van der Waals surface area contributed by atoms with Crippen molar-refractivity contribution in [2.75, 3.05) is 11.9 Å². The van der Waals surface area contributed by atoms with Gasteiger partial charge in [-0.1, -0.05) is 29.8 Å². The van der Waals surface area contributed by atoms with Crippen molar-refractivity contribution in [2.45, 2.75) is 43.0 Å². The fraction of sp³-hybridized carbons (Fsp3) is 0.350. The van der Waals surface area contributed by atoms with Crippen molar-refractivity contribution in [3.8, 4) is 0 Å². The number of nitrogens with zero attached hydrogens (tertiary/aromatic N) is 1. The highest BCUT2D eigenvalue weighted by Crippen LogP contribution is 2.28. The molecule has 8 heteroatoms. The zero-order valence-electron chi connectivity index (χ0n) is 15.4. The van der Waals surface area contributed by atoms with E-state index in [0.29, 0.717) is 18.3 Å². The molecule has 0 aromatic heterocycles. The van der Waals surface area contributed by atoms with Crippen LogP contribution >= 0.6 is 0 Å². The second-order valence-electron chi connectivity index (χ2n) is 7.00. The molecule has 0 bridgehead atoms. The first-order valence-electron chi connectivity index (χ1n) is 8.97. The summed E-state index contributed by atoms with van der Waals surface area (Å²) < 4.78 is 48.0. The SMILES string of the molecule is Cc1ccc(CN(CC(=O)Nc2ccc(S(=O)(=O)C(F)F)cc2)C2CC2)cc1. The smallest absolute Gasteiger partial charge is 0.325 e. The molecule has 0 spiro atoms. The lowest BCUT2D eigenvalue weighted by atomic mass is 10.1. The van der Waals surface area contributed by atoms with Crippen molar-refractivity contribution < 1.29 is 22.0 Å². The number of aryl methyl sites for hydroxylation is 1. The summed E-state index contributed by atoms with van der Waals surface area (Å²) >= 11 is 0. The largest absolute Gasteiger partial charge is 0.341 e. The van der Waals surface area contributed by atoms with Crippen molar-refractivity contribution in [1.29, 1.82) is 0 Å². The Balaban J connectivity index is 1.61. The summed E-state index contributed by atoms with van der Waals surface area (Å²) in [5.74, 6) is -3.70. The van der Waals surface area contributed by atoms with E-state index in [9.17, 15) is 22.0 Å². The fourth-order valence-corrected chi connectivity index (χ4v) is 3.62. The second kappa shape index (κ2) is 8.36. The van der Waals surface area contributed by atoms with E-state index in [1.165, 1.54) is 17.7 Å². The van der Waals surface area contributed by atoms with Gasteiger partial charge in [0.15, 0.2) is 0 Å². The molecular formula is C20H22F2N2O3S. The maximum Gasteiger partial charge on any atom is 0.341 e. The highest BCUT2D eigenvalue weighted by molar-refractivity contribution is 7.91. The van der Waals surface area contributed by atoms with Crippen LogP contribution in [0.5, 0.6) is 0 Å². The van der Waals surface area contributed by atoms with Crippen LogP contribution < -0.4 is 5.32 Å². The minimum Gasteiger partial charge on any atom is -0.325 e. The molecule has 0 heterocycles. The zero-order valence-corrected chi connectivity index (χ0v) is 16.3. The van der Waals surface area contributed by atoms with Crippen LogP contribution in [0.1, 0.15) is 24.0 Å². The number of carbonyl (C=O) groups is 1. The van der Waals surface area contributed by atoms with Crippen molar-refractivity contribution in [1.82, 2.24) is 4.90 Å². The van der Waals surface area contributed by atoms with Crippen molar-refractivity contribution in [2.24, 2.45) is 0 Å². The topological polar surface area (TPSA) is 66.5 Å². The Morgan fingerprint density at radius 2 is 1.71 bits per heavy atom. The molecule has 0 aliphatic heterocycles. The van der Waals surface area contributed by atoms with E-state index in [4.69, 9.17) is 0 Å². The van der Waals surface area contributed by atoms with Gasteiger partial charge in [0.1, 0.15) is 0 Å². The van der Waals surface area contributed by atoms with E-state index >= 15 is 0 Å². The molecule has 0 radical (unpaired) electrons. The fourth-order valence-electron chi connectivity index (χ4n) is 2.90.